The first kappa shape index (κ1) is 12.2. The molecule has 1 fully saturated rings. The van der Waals surface area contributed by atoms with Gasteiger partial charge in [-0.25, -0.2) is 13.8 Å². The number of rotatable bonds is 3. The van der Waals surface area contributed by atoms with E-state index in [1.165, 1.54) is 18.3 Å². The highest BCUT2D eigenvalue weighted by Gasteiger charge is 2.23. The van der Waals surface area contributed by atoms with Gasteiger partial charge in [0.05, 0.1) is 0 Å². The summed E-state index contributed by atoms with van der Waals surface area (Å²) in [5.74, 6) is 0.827. The van der Waals surface area contributed by atoms with Crippen molar-refractivity contribution in [3.05, 3.63) is 23.9 Å². The molecule has 0 bridgehead atoms. The maximum atomic E-state index is 12.3. The van der Waals surface area contributed by atoms with Crippen LogP contribution in [0.1, 0.15) is 25.3 Å². The summed E-state index contributed by atoms with van der Waals surface area (Å²) in [6.07, 6.45) is -0.277. The minimum Gasteiger partial charge on any atom is -0.474 e. The van der Waals surface area contributed by atoms with Gasteiger partial charge in [0, 0.05) is 30.3 Å². The molecule has 1 aliphatic heterocycles. The number of piperidine rings is 1. The zero-order valence-electron chi connectivity index (χ0n) is 9.70. The second kappa shape index (κ2) is 5.40. The largest absolute Gasteiger partial charge is 0.474 e. The number of hydrogen-bond donors (Lipinski definition) is 1. The Morgan fingerprint density at radius 3 is 2.88 bits per heavy atom. The third-order valence-electron chi connectivity index (χ3n) is 2.99. The maximum Gasteiger partial charge on any atom is 0.265 e. The third-order valence-corrected chi connectivity index (χ3v) is 2.99. The summed E-state index contributed by atoms with van der Waals surface area (Å²) in [6.45, 7) is 3.94. The Labute approximate surface area is 99.2 Å². The molecule has 0 aliphatic carbocycles. The van der Waals surface area contributed by atoms with Crippen molar-refractivity contribution in [1.82, 2.24) is 10.3 Å². The van der Waals surface area contributed by atoms with Gasteiger partial charge >= 0.3 is 0 Å². The number of alkyl halides is 2. The van der Waals surface area contributed by atoms with Gasteiger partial charge in [-0.3, -0.25) is 0 Å². The number of halogens is 2. The predicted octanol–water partition coefficient (Wildman–Crippen LogP) is 2.40. The van der Waals surface area contributed by atoms with Crippen molar-refractivity contribution in [3.63, 3.8) is 0 Å². The minimum atomic E-state index is -2.48. The van der Waals surface area contributed by atoms with Crippen LogP contribution in [0, 0.1) is 5.92 Å². The van der Waals surface area contributed by atoms with E-state index in [0.29, 0.717) is 11.8 Å². The molecule has 1 saturated heterocycles. The van der Waals surface area contributed by atoms with Crippen molar-refractivity contribution in [2.24, 2.45) is 5.92 Å². The Balaban J connectivity index is 1.98. The van der Waals surface area contributed by atoms with Gasteiger partial charge in [-0.15, -0.1) is 0 Å². The molecule has 1 aromatic heterocycles. The van der Waals surface area contributed by atoms with Crippen LogP contribution in [0.2, 0.25) is 0 Å². The van der Waals surface area contributed by atoms with Crippen LogP contribution in [-0.4, -0.2) is 24.2 Å². The summed E-state index contributed by atoms with van der Waals surface area (Å²) in [4.78, 5) is 3.91. The van der Waals surface area contributed by atoms with Crippen molar-refractivity contribution in [1.29, 1.82) is 0 Å². The molecule has 2 heterocycles. The molecule has 1 aromatic rings. The standard InChI is InChI=1S/C12H16F2N2O/c1-8-6-15-5-4-10(8)17-11-3-2-9(7-16-11)12(13)14/h2-3,7-8,10,12,15H,4-6H2,1H3/t8-,10+/m0/s1. The van der Waals surface area contributed by atoms with Crippen LogP contribution >= 0.6 is 0 Å². The smallest absolute Gasteiger partial charge is 0.265 e. The Bertz CT molecular complexity index is 356. The summed E-state index contributed by atoms with van der Waals surface area (Å²) in [5, 5.41) is 3.27. The van der Waals surface area contributed by atoms with E-state index in [2.05, 4.69) is 17.2 Å². The van der Waals surface area contributed by atoms with Crippen LogP contribution in [-0.2, 0) is 0 Å². The molecule has 3 nitrogen and oxygen atoms in total. The van der Waals surface area contributed by atoms with E-state index in [1.807, 2.05) is 0 Å². The van der Waals surface area contributed by atoms with E-state index in [1.54, 1.807) is 0 Å². The quantitative estimate of drug-likeness (QED) is 0.883. The van der Waals surface area contributed by atoms with Crippen molar-refractivity contribution in [2.45, 2.75) is 25.9 Å². The molecule has 0 unspecified atom stereocenters. The van der Waals surface area contributed by atoms with Gasteiger partial charge in [0.2, 0.25) is 5.88 Å². The van der Waals surface area contributed by atoms with Crippen LogP contribution in [0.25, 0.3) is 0 Å². The molecule has 5 heteroatoms. The molecule has 0 amide bonds. The van der Waals surface area contributed by atoms with Crippen LogP contribution in [0.3, 0.4) is 0 Å². The summed E-state index contributed by atoms with van der Waals surface area (Å²) < 4.78 is 30.4. The zero-order valence-corrected chi connectivity index (χ0v) is 9.70. The third kappa shape index (κ3) is 3.12. The lowest BCUT2D eigenvalue weighted by molar-refractivity contribution is 0.106. The zero-order chi connectivity index (χ0) is 12.3. The van der Waals surface area contributed by atoms with Crippen LogP contribution in [0.4, 0.5) is 8.78 Å². The first-order valence-electron chi connectivity index (χ1n) is 5.78. The van der Waals surface area contributed by atoms with Gasteiger partial charge < -0.3 is 10.1 Å². The molecule has 1 N–H and O–H groups in total. The number of hydrogen-bond acceptors (Lipinski definition) is 3. The Kier molecular flexibility index (Phi) is 3.89. The fourth-order valence-electron chi connectivity index (χ4n) is 1.91. The topological polar surface area (TPSA) is 34.1 Å². The highest BCUT2D eigenvalue weighted by Crippen LogP contribution is 2.22. The first-order valence-corrected chi connectivity index (χ1v) is 5.78. The Morgan fingerprint density at radius 2 is 2.29 bits per heavy atom. The summed E-state index contributed by atoms with van der Waals surface area (Å²) >= 11 is 0. The van der Waals surface area contributed by atoms with Crippen molar-refractivity contribution >= 4 is 0 Å². The van der Waals surface area contributed by atoms with E-state index in [9.17, 15) is 8.78 Å². The van der Waals surface area contributed by atoms with Crippen LogP contribution < -0.4 is 10.1 Å². The summed E-state index contributed by atoms with van der Waals surface area (Å²) in [7, 11) is 0. The molecule has 0 spiro atoms. The minimum absolute atomic E-state index is 0.0734. The highest BCUT2D eigenvalue weighted by atomic mass is 19.3. The molecule has 17 heavy (non-hydrogen) atoms. The lowest BCUT2D eigenvalue weighted by Crippen LogP contribution is -2.41. The fraction of sp³-hybridized carbons (Fsp3) is 0.583. The fourth-order valence-corrected chi connectivity index (χ4v) is 1.91. The van der Waals surface area contributed by atoms with E-state index >= 15 is 0 Å². The van der Waals surface area contributed by atoms with Gasteiger partial charge in [0.25, 0.3) is 6.43 Å². The maximum absolute atomic E-state index is 12.3. The first-order chi connectivity index (χ1) is 8.16. The molecule has 94 valence electrons. The van der Waals surface area contributed by atoms with E-state index in [-0.39, 0.29) is 11.7 Å². The number of nitrogens with zero attached hydrogens (tertiary/aromatic N) is 1. The second-order valence-electron chi connectivity index (χ2n) is 4.36. The summed E-state index contributed by atoms with van der Waals surface area (Å²) in [6, 6.07) is 2.87. The van der Waals surface area contributed by atoms with E-state index in [0.717, 1.165) is 19.5 Å². The molecule has 1 aliphatic rings. The van der Waals surface area contributed by atoms with E-state index in [4.69, 9.17) is 4.74 Å². The normalized spacial score (nSPS) is 24.9. The van der Waals surface area contributed by atoms with Gasteiger partial charge in [0.1, 0.15) is 6.10 Å². The average Bonchev–Trinajstić information content (AvgIpc) is 2.33. The van der Waals surface area contributed by atoms with Crippen LogP contribution in [0.5, 0.6) is 5.88 Å². The molecule has 0 saturated carbocycles. The monoisotopic (exact) mass is 242 g/mol. The van der Waals surface area contributed by atoms with Gasteiger partial charge in [0.15, 0.2) is 0 Å². The molecular weight excluding hydrogens is 226 g/mol. The van der Waals surface area contributed by atoms with Gasteiger partial charge in [-0.05, 0) is 19.0 Å². The Morgan fingerprint density at radius 1 is 1.47 bits per heavy atom. The lowest BCUT2D eigenvalue weighted by atomic mass is 9.98. The van der Waals surface area contributed by atoms with Crippen molar-refractivity contribution < 1.29 is 13.5 Å². The SMILES string of the molecule is C[C@H]1CNCC[C@H]1Oc1ccc(C(F)F)cn1. The molecule has 0 radical (unpaired) electrons. The average molecular weight is 242 g/mol. The number of pyridine rings is 1. The van der Waals surface area contributed by atoms with Gasteiger partial charge in [-0.1, -0.05) is 6.92 Å². The second-order valence-corrected chi connectivity index (χ2v) is 4.36. The Hall–Kier alpha value is -1.23. The molecule has 2 atom stereocenters. The van der Waals surface area contributed by atoms with Crippen molar-refractivity contribution in [2.75, 3.05) is 13.1 Å². The molecular formula is C12H16F2N2O. The predicted molar refractivity (Wildman–Crippen MR) is 60.3 cm³/mol. The van der Waals surface area contributed by atoms with Crippen LogP contribution in [0.15, 0.2) is 18.3 Å². The van der Waals surface area contributed by atoms with Crippen molar-refractivity contribution in [3.8, 4) is 5.88 Å². The summed E-state index contributed by atoms with van der Waals surface area (Å²) in [5.41, 5.74) is -0.0734. The highest BCUT2D eigenvalue weighted by molar-refractivity contribution is 5.18. The number of ether oxygens (including phenoxy) is 1. The number of aromatic nitrogens is 1. The van der Waals surface area contributed by atoms with Gasteiger partial charge in [-0.2, -0.15) is 0 Å². The lowest BCUT2D eigenvalue weighted by Gasteiger charge is -2.29. The number of nitrogens with one attached hydrogen (secondary N) is 1. The molecule has 0 aromatic carbocycles. The van der Waals surface area contributed by atoms with E-state index < -0.39 is 6.43 Å². The molecule has 2 rings (SSSR count).